The number of hydrogen-bond donors (Lipinski definition) is 1. The summed E-state index contributed by atoms with van der Waals surface area (Å²) in [5.41, 5.74) is 2.80. The van der Waals surface area contributed by atoms with Gasteiger partial charge in [-0.1, -0.05) is 48.0 Å². The molecule has 1 aliphatic rings. The van der Waals surface area contributed by atoms with E-state index in [1.54, 1.807) is 7.11 Å². The van der Waals surface area contributed by atoms with Crippen LogP contribution in [0.5, 0.6) is 5.75 Å². The normalized spacial score (nSPS) is 17.3. The molecule has 1 N–H and O–H groups in total. The standard InChI is InChI=1S/C18H20ClNO/c1-20-17(13-8-9-16(21-2)15(19)12-13)18(10-11-18)14-6-4-3-5-7-14/h3-9,12,17,20H,10-11H2,1-2H3. The van der Waals surface area contributed by atoms with Gasteiger partial charge in [0.25, 0.3) is 0 Å². The second-order valence-electron chi connectivity index (χ2n) is 5.64. The number of hydrogen-bond acceptors (Lipinski definition) is 2. The Hall–Kier alpha value is -1.51. The van der Waals surface area contributed by atoms with Crippen molar-refractivity contribution in [1.82, 2.24) is 5.32 Å². The molecule has 0 saturated heterocycles. The fourth-order valence-electron chi connectivity index (χ4n) is 3.27. The maximum atomic E-state index is 6.29. The Bertz CT molecular complexity index is 622. The Morgan fingerprint density at radius 1 is 1.14 bits per heavy atom. The Kier molecular flexibility index (Phi) is 3.92. The van der Waals surface area contributed by atoms with Gasteiger partial charge in [0.15, 0.2) is 0 Å². The molecular weight excluding hydrogens is 282 g/mol. The summed E-state index contributed by atoms with van der Waals surface area (Å²) in [4.78, 5) is 0. The number of methoxy groups -OCH3 is 1. The first kappa shape index (κ1) is 14.4. The van der Waals surface area contributed by atoms with Gasteiger partial charge in [0.05, 0.1) is 12.1 Å². The molecule has 0 bridgehead atoms. The van der Waals surface area contributed by atoms with Gasteiger partial charge in [-0.25, -0.2) is 0 Å². The van der Waals surface area contributed by atoms with Crippen LogP contribution in [0.15, 0.2) is 48.5 Å². The SMILES string of the molecule is CNC(c1ccc(OC)c(Cl)c1)C1(c2ccccc2)CC1. The summed E-state index contributed by atoms with van der Waals surface area (Å²) >= 11 is 6.29. The van der Waals surface area contributed by atoms with Crippen molar-refractivity contribution in [3.63, 3.8) is 0 Å². The maximum absolute atomic E-state index is 6.29. The Morgan fingerprint density at radius 2 is 1.86 bits per heavy atom. The summed E-state index contributed by atoms with van der Waals surface area (Å²) in [6.45, 7) is 0. The molecule has 2 nitrogen and oxygen atoms in total. The molecule has 0 aliphatic heterocycles. The van der Waals surface area contributed by atoms with Gasteiger partial charge in [-0.15, -0.1) is 0 Å². The molecule has 0 aromatic heterocycles. The minimum absolute atomic E-state index is 0.188. The molecule has 21 heavy (non-hydrogen) atoms. The first-order valence-corrected chi connectivity index (χ1v) is 7.65. The van der Waals surface area contributed by atoms with Gasteiger partial charge in [0.1, 0.15) is 5.75 Å². The quantitative estimate of drug-likeness (QED) is 0.887. The highest BCUT2D eigenvalue weighted by Crippen LogP contribution is 2.56. The van der Waals surface area contributed by atoms with Crippen molar-refractivity contribution >= 4 is 11.6 Å². The van der Waals surface area contributed by atoms with Crippen LogP contribution in [0.1, 0.15) is 30.0 Å². The van der Waals surface area contributed by atoms with Crippen molar-refractivity contribution in [3.8, 4) is 5.75 Å². The monoisotopic (exact) mass is 301 g/mol. The van der Waals surface area contributed by atoms with E-state index in [9.17, 15) is 0 Å². The van der Waals surface area contributed by atoms with Gasteiger partial charge in [0, 0.05) is 11.5 Å². The van der Waals surface area contributed by atoms with E-state index >= 15 is 0 Å². The third-order valence-electron chi connectivity index (χ3n) is 4.49. The number of rotatable bonds is 5. The number of nitrogens with one attached hydrogen (secondary N) is 1. The van der Waals surface area contributed by atoms with Gasteiger partial charge in [-0.2, -0.15) is 0 Å². The van der Waals surface area contributed by atoms with Crippen molar-refractivity contribution in [3.05, 3.63) is 64.7 Å². The zero-order chi connectivity index (χ0) is 14.9. The molecule has 0 amide bonds. The van der Waals surface area contributed by atoms with Crippen LogP contribution in [0, 0.1) is 0 Å². The van der Waals surface area contributed by atoms with Crippen LogP contribution in [0.4, 0.5) is 0 Å². The fraction of sp³-hybridized carbons (Fsp3) is 0.333. The van der Waals surface area contributed by atoms with Crippen molar-refractivity contribution in [2.75, 3.05) is 14.2 Å². The van der Waals surface area contributed by atoms with Crippen LogP contribution in [0.3, 0.4) is 0 Å². The molecule has 110 valence electrons. The largest absolute Gasteiger partial charge is 0.495 e. The third-order valence-corrected chi connectivity index (χ3v) is 4.78. The number of halogens is 1. The van der Waals surface area contributed by atoms with Gasteiger partial charge < -0.3 is 10.1 Å². The van der Waals surface area contributed by atoms with Crippen LogP contribution in [0.2, 0.25) is 5.02 Å². The van der Waals surface area contributed by atoms with Crippen LogP contribution in [-0.2, 0) is 5.41 Å². The zero-order valence-corrected chi connectivity index (χ0v) is 13.2. The maximum Gasteiger partial charge on any atom is 0.137 e. The molecule has 2 aromatic carbocycles. The van der Waals surface area contributed by atoms with Gasteiger partial charge in [-0.3, -0.25) is 0 Å². The average Bonchev–Trinajstić information content (AvgIpc) is 3.31. The van der Waals surface area contributed by atoms with Crippen molar-refractivity contribution in [2.45, 2.75) is 24.3 Å². The van der Waals surface area contributed by atoms with Crippen LogP contribution < -0.4 is 10.1 Å². The molecule has 1 aliphatic carbocycles. The van der Waals surface area contributed by atoms with E-state index in [1.807, 2.05) is 19.2 Å². The van der Waals surface area contributed by atoms with E-state index in [-0.39, 0.29) is 11.5 Å². The predicted molar refractivity (Wildman–Crippen MR) is 87.2 cm³/mol. The second-order valence-corrected chi connectivity index (χ2v) is 6.05. The summed E-state index contributed by atoms with van der Waals surface area (Å²) in [5, 5.41) is 4.15. The molecular formula is C18H20ClNO. The first-order valence-electron chi connectivity index (χ1n) is 7.27. The predicted octanol–water partition coefficient (Wildman–Crippen LogP) is 4.34. The van der Waals surface area contributed by atoms with Gasteiger partial charge >= 0.3 is 0 Å². The molecule has 2 aromatic rings. The van der Waals surface area contributed by atoms with Gasteiger partial charge in [-0.05, 0) is 43.1 Å². The topological polar surface area (TPSA) is 21.3 Å². The van der Waals surface area contributed by atoms with E-state index in [0.29, 0.717) is 5.02 Å². The Morgan fingerprint density at radius 3 is 2.38 bits per heavy atom. The average molecular weight is 302 g/mol. The second kappa shape index (κ2) is 5.70. The fourth-order valence-corrected chi connectivity index (χ4v) is 3.54. The lowest BCUT2D eigenvalue weighted by atomic mass is 9.84. The highest BCUT2D eigenvalue weighted by molar-refractivity contribution is 6.32. The zero-order valence-electron chi connectivity index (χ0n) is 12.4. The number of benzene rings is 2. The molecule has 1 saturated carbocycles. The molecule has 1 atom stereocenters. The van der Waals surface area contributed by atoms with E-state index in [0.717, 1.165) is 5.75 Å². The van der Waals surface area contributed by atoms with Crippen LogP contribution >= 0.6 is 11.6 Å². The number of ether oxygens (including phenoxy) is 1. The van der Waals surface area contributed by atoms with E-state index in [4.69, 9.17) is 16.3 Å². The molecule has 0 heterocycles. The number of likely N-dealkylation sites (N-methyl/N-ethyl adjacent to an activating group) is 1. The highest BCUT2D eigenvalue weighted by atomic mass is 35.5. The summed E-state index contributed by atoms with van der Waals surface area (Å²) in [6, 6.07) is 17.1. The first-order chi connectivity index (χ1) is 10.2. The van der Waals surface area contributed by atoms with Crippen LogP contribution in [0.25, 0.3) is 0 Å². The lowest BCUT2D eigenvalue weighted by Crippen LogP contribution is -2.29. The highest BCUT2D eigenvalue weighted by Gasteiger charge is 2.50. The lowest BCUT2D eigenvalue weighted by Gasteiger charge is -2.28. The van der Waals surface area contributed by atoms with Crippen molar-refractivity contribution in [1.29, 1.82) is 0 Å². The van der Waals surface area contributed by atoms with Gasteiger partial charge in [0.2, 0.25) is 0 Å². The summed E-state index contributed by atoms with van der Waals surface area (Å²) in [5.74, 6) is 0.722. The Balaban J connectivity index is 1.97. The molecule has 1 fully saturated rings. The van der Waals surface area contributed by atoms with Crippen molar-refractivity contribution in [2.24, 2.45) is 0 Å². The molecule has 1 unspecified atom stereocenters. The molecule has 0 radical (unpaired) electrons. The van der Waals surface area contributed by atoms with Crippen LogP contribution in [-0.4, -0.2) is 14.2 Å². The smallest absolute Gasteiger partial charge is 0.137 e. The molecule has 3 heteroatoms. The lowest BCUT2D eigenvalue weighted by molar-refractivity contribution is 0.413. The summed E-state index contributed by atoms with van der Waals surface area (Å²) in [6.07, 6.45) is 2.40. The van der Waals surface area contributed by atoms with E-state index < -0.39 is 0 Å². The Labute approximate surface area is 131 Å². The molecule has 3 rings (SSSR count). The molecule has 0 spiro atoms. The van der Waals surface area contributed by atoms with E-state index in [1.165, 1.54) is 24.0 Å². The van der Waals surface area contributed by atoms with E-state index in [2.05, 4.69) is 41.7 Å². The van der Waals surface area contributed by atoms with Crippen molar-refractivity contribution < 1.29 is 4.74 Å². The summed E-state index contributed by atoms with van der Waals surface area (Å²) < 4.78 is 5.25. The minimum Gasteiger partial charge on any atom is -0.495 e. The minimum atomic E-state index is 0.188. The summed E-state index contributed by atoms with van der Waals surface area (Å²) in [7, 11) is 3.66. The third kappa shape index (κ3) is 2.54.